The first-order valence-electron chi connectivity index (χ1n) is 8.73. The molecule has 0 aromatic heterocycles. The van der Waals surface area contributed by atoms with Crippen molar-refractivity contribution in [1.82, 2.24) is 4.90 Å². The van der Waals surface area contributed by atoms with Gasteiger partial charge in [-0.3, -0.25) is 0 Å². The molecule has 0 saturated heterocycles. The molecule has 134 valence electrons. The second-order valence-corrected chi connectivity index (χ2v) is 7.01. The Labute approximate surface area is 141 Å². The standard InChI is InChI=1S/C18H34N2O3/c1-13(2)12-23-18(21)17(19)15-8-6-9-16(14(15)3)20(4)10-7-11-22-5/h13-14,16H,6-12,19H2,1-5H3/b17-15+. The topological polar surface area (TPSA) is 64.8 Å². The van der Waals surface area contributed by atoms with Gasteiger partial charge in [-0.25, -0.2) is 4.79 Å². The Morgan fingerprint density at radius 2 is 2.13 bits per heavy atom. The summed E-state index contributed by atoms with van der Waals surface area (Å²) in [5, 5.41) is 0. The van der Waals surface area contributed by atoms with Gasteiger partial charge in [0.2, 0.25) is 0 Å². The van der Waals surface area contributed by atoms with Gasteiger partial charge in [0.25, 0.3) is 0 Å². The molecule has 0 aromatic carbocycles. The first-order valence-corrected chi connectivity index (χ1v) is 8.73. The van der Waals surface area contributed by atoms with E-state index in [1.165, 1.54) is 0 Å². The van der Waals surface area contributed by atoms with Gasteiger partial charge in [-0.05, 0) is 50.1 Å². The normalized spacial score (nSPS) is 24.1. The molecule has 1 saturated carbocycles. The zero-order valence-electron chi connectivity index (χ0n) is 15.4. The number of hydrogen-bond acceptors (Lipinski definition) is 5. The number of carbonyl (C=O) groups is 1. The van der Waals surface area contributed by atoms with Gasteiger partial charge in [-0.15, -0.1) is 0 Å². The molecule has 1 rings (SSSR count). The number of rotatable bonds is 8. The number of ether oxygens (including phenoxy) is 2. The van der Waals surface area contributed by atoms with E-state index in [9.17, 15) is 4.79 Å². The number of nitrogens with zero attached hydrogens (tertiary/aromatic N) is 1. The predicted octanol–water partition coefficient (Wildman–Crippen LogP) is 2.56. The summed E-state index contributed by atoms with van der Waals surface area (Å²) in [5.74, 6) is 0.242. The average Bonchev–Trinajstić information content (AvgIpc) is 2.52. The van der Waals surface area contributed by atoms with Gasteiger partial charge in [-0.2, -0.15) is 0 Å². The molecule has 23 heavy (non-hydrogen) atoms. The first kappa shape index (κ1) is 20.0. The molecule has 0 bridgehead atoms. The van der Waals surface area contributed by atoms with E-state index in [-0.39, 0.29) is 11.9 Å². The van der Waals surface area contributed by atoms with E-state index in [2.05, 4.69) is 18.9 Å². The van der Waals surface area contributed by atoms with Crippen molar-refractivity contribution in [2.75, 3.05) is 33.9 Å². The highest BCUT2D eigenvalue weighted by Gasteiger charge is 2.31. The minimum Gasteiger partial charge on any atom is -0.461 e. The SMILES string of the molecule is COCCCN(C)C1CCC/C(=C(\N)C(=O)OCC(C)C)C1C. The first-order chi connectivity index (χ1) is 10.9. The molecule has 0 radical (unpaired) electrons. The fraction of sp³-hybridized carbons (Fsp3) is 0.833. The van der Waals surface area contributed by atoms with Crippen LogP contribution < -0.4 is 5.73 Å². The monoisotopic (exact) mass is 326 g/mol. The second kappa shape index (κ2) is 9.93. The van der Waals surface area contributed by atoms with Crippen LogP contribution in [-0.4, -0.2) is 50.8 Å². The Hall–Kier alpha value is -1.07. The van der Waals surface area contributed by atoms with E-state index in [4.69, 9.17) is 15.2 Å². The van der Waals surface area contributed by atoms with Crippen molar-refractivity contribution in [2.45, 2.75) is 52.5 Å². The smallest absolute Gasteiger partial charge is 0.354 e. The van der Waals surface area contributed by atoms with Crippen LogP contribution >= 0.6 is 0 Å². The number of carbonyl (C=O) groups excluding carboxylic acids is 1. The minimum absolute atomic E-state index is 0.280. The lowest BCUT2D eigenvalue weighted by Gasteiger charge is -2.38. The summed E-state index contributed by atoms with van der Waals surface area (Å²) in [7, 11) is 3.88. The maximum atomic E-state index is 12.1. The molecule has 0 heterocycles. The molecule has 1 aliphatic carbocycles. The third kappa shape index (κ3) is 6.15. The molecule has 5 nitrogen and oxygen atoms in total. The molecule has 2 N–H and O–H groups in total. The van der Waals surface area contributed by atoms with Crippen molar-refractivity contribution >= 4 is 5.97 Å². The lowest BCUT2D eigenvalue weighted by atomic mass is 9.79. The van der Waals surface area contributed by atoms with E-state index >= 15 is 0 Å². The van der Waals surface area contributed by atoms with Crippen LogP contribution in [-0.2, 0) is 14.3 Å². The predicted molar refractivity (Wildman–Crippen MR) is 92.9 cm³/mol. The summed E-state index contributed by atoms with van der Waals surface area (Å²) in [5.41, 5.74) is 7.51. The lowest BCUT2D eigenvalue weighted by molar-refractivity contribution is -0.140. The number of esters is 1. The van der Waals surface area contributed by atoms with Crippen molar-refractivity contribution in [1.29, 1.82) is 0 Å². The van der Waals surface area contributed by atoms with Crippen molar-refractivity contribution in [3.05, 3.63) is 11.3 Å². The molecule has 5 heteroatoms. The van der Waals surface area contributed by atoms with Crippen molar-refractivity contribution in [3.63, 3.8) is 0 Å². The summed E-state index contributed by atoms with van der Waals surface area (Å²) in [6, 6.07) is 0.423. The zero-order valence-corrected chi connectivity index (χ0v) is 15.4. The van der Waals surface area contributed by atoms with Crippen LogP contribution in [0.2, 0.25) is 0 Å². The number of hydrogen-bond donors (Lipinski definition) is 1. The van der Waals surface area contributed by atoms with E-state index in [0.29, 0.717) is 24.3 Å². The van der Waals surface area contributed by atoms with Crippen molar-refractivity contribution < 1.29 is 14.3 Å². The molecule has 2 unspecified atom stereocenters. The Balaban J connectivity index is 2.71. The molecule has 1 fully saturated rings. The zero-order chi connectivity index (χ0) is 17.4. The number of methoxy groups -OCH3 is 1. The van der Waals surface area contributed by atoms with Gasteiger partial charge < -0.3 is 20.1 Å². The maximum Gasteiger partial charge on any atom is 0.354 e. The molecule has 2 atom stereocenters. The summed E-state index contributed by atoms with van der Waals surface area (Å²) >= 11 is 0. The minimum atomic E-state index is -0.358. The van der Waals surface area contributed by atoms with E-state index in [1.54, 1.807) is 7.11 Å². The van der Waals surface area contributed by atoms with Crippen LogP contribution in [0, 0.1) is 11.8 Å². The summed E-state index contributed by atoms with van der Waals surface area (Å²) in [4.78, 5) is 14.5. The van der Waals surface area contributed by atoms with Crippen LogP contribution in [0.3, 0.4) is 0 Å². The second-order valence-electron chi connectivity index (χ2n) is 7.01. The maximum absolute atomic E-state index is 12.1. The lowest BCUT2D eigenvalue weighted by Crippen LogP contribution is -2.41. The fourth-order valence-electron chi connectivity index (χ4n) is 3.27. The van der Waals surface area contributed by atoms with Crippen LogP contribution in [0.15, 0.2) is 11.3 Å². The summed E-state index contributed by atoms with van der Waals surface area (Å²) in [6.07, 6.45) is 4.12. The molecular formula is C18H34N2O3. The highest BCUT2D eigenvalue weighted by Crippen LogP contribution is 2.33. The molecule has 0 spiro atoms. The van der Waals surface area contributed by atoms with Crippen LogP contribution in [0.4, 0.5) is 0 Å². The van der Waals surface area contributed by atoms with Crippen LogP contribution in [0.5, 0.6) is 0 Å². The molecular weight excluding hydrogens is 292 g/mol. The van der Waals surface area contributed by atoms with Crippen molar-refractivity contribution in [3.8, 4) is 0 Å². The van der Waals surface area contributed by atoms with E-state index in [0.717, 1.165) is 44.4 Å². The molecule has 0 aliphatic heterocycles. The Bertz CT molecular complexity index is 407. The summed E-state index contributed by atoms with van der Waals surface area (Å²) < 4.78 is 10.4. The van der Waals surface area contributed by atoms with Crippen molar-refractivity contribution in [2.24, 2.45) is 17.6 Å². The third-order valence-corrected chi connectivity index (χ3v) is 4.61. The van der Waals surface area contributed by atoms with Gasteiger partial charge in [0.1, 0.15) is 5.70 Å². The van der Waals surface area contributed by atoms with E-state index in [1.807, 2.05) is 13.8 Å². The van der Waals surface area contributed by atoms with Gasteiger partial charge in [0.15, 0.2) is 0 Å². The molecule has 1 aliphatic rings. The van der Waals surface area contributed by atoms with Crippen LogP contribution in [0.25, 0.3) is 0 Å². The molecule has 0 aromatic rings. The Morgan fingerprint density at radius 3 is 2.74 bits per heavy atom. The van der Waals surface area contributed by atoms with Crippen LogP contribution in [0.1, 0.15) is 46.5 Å². The number of nitrogens with two attached hydrogens (primary N) is 1. The van der Waals surface area contributed by atoms with Gasteiger partial charge >= 0.3 is 5.97 Å². The van der Waals surface area contributed by atoms with Gasteiger partial charge in [0.05, 0.1) is 6.61 Å². The Morgan fingerprint density at radius 1 is 1.43 bits per heavy atom. The fourth-order valence-corrected chi connectivity index (χ4v) is 3.27. The van der Waals surface area contributed by atoms with Gasteiger partial charge in [0, 0.05) is 26.3 Å². The van der Waals surface area contributed by atoms with Gasteiger partial charge in [-0.1, -0.05) is 20.8 Å². The summed E-state index contributed by atoms with van der Waals surface area (Å²) in [6.45, 7) is 8.40. The largest absolute Gasteiger partial charge is 0.461 e. The highest BCUT2D eigenvalue weighted by molar-refractivity contribution is 5.88. The quantitative estimate of drug-likeness (QED) is 0.422. The Kier molecular flexibility index (Phi) is 8.63. The third-order valence-electron chi connectivity index (χ3n) is 4.61. The highest BCUT2D eigenvalue weighted by atomic mass is 16.5. The van der Waals surface area contributed by atoms with E-state index < -0.39 is 0 Å². The molecule has 0 amide bonds. The average molecular weight is 326 g/mol.